The Morgan fingerprint density at radius 2 is 1.92 bits per heavy atom. The summed E-state index contributed by atoms with van der Waals surface area (Å²) >= 11 is 1.23. The van der Waals surface area contributed by atoms with Crippen LogP contribution in [0, 0.1) is 0 Å². The highest BCUT2D eigenvalue weighted by Gasteiger charge is 2.25. The van der Waals surface area contributed by atoms with E-state index in [9.17, 15) is 9.59 Å². The zero-order chi connectivity index (χ0) is 18.1. The van der Waals surface area contributed by atoms with E-state index < -0.39 is 11.4 Å². The molecule has 3 rings (SSSR count). The second kappa shape index (κ2) is 6.72. The smallest absolute Gasteiger partial charge is 0.304 e. The monoisotopic (exact) mass is 364 g/mol. The first-order valence-electron chi connectivity index (χ1n) is 7.30. The molecule has 1 unspecified atom stereocenters. The highest BCUT2D eigenvalue weighted by atomic mass is 32.2. The van der Waals surface area contributed by atoms with Crippen molar-refractivity contribution in [1.29, 1.82) is 0 Å². The second-order valence-corrected chi connectivity index (χ2v) is 6.02. The third kappa shape index (κ3) is 2.82. The van der Waals surface area contributed by atoms with Gasteiger partial charge in [0.2, 0.25) is 11.2 Å². The lowest BCUT2D eigenvalue weighted by Gasteiger charge is -2.15. The number of furan rings is 1. The number of ether oxygens (including phenoxy) is 3. The maximum Gasteiger partial charge on any atom is 0.304 e. The molecule has 0 aliphatic rings. The lowest BCUT2D eigenvalue weighted by molar-refractivity contribution is -0.143. The highest BCUT2D eigenvalue weighted by molar-refractivity contribution is 7.98. The summed E-state index contributed by atoms with van der Waals surface area (Å²) in [6.07, 6.45) is 3.22. The van der Waals surface area contributed by atoms with Crippen LogP contribution in [-0.4, -0.2) is 26.4 Å². The molecule has 0 radical (unpaired) electrons. The molecule has 0 aliphatic carbocycles. The number of hydrogen-bond acceptors (Lipinski definition) is 8. The molecule has 0 bridgehead atoms. The van der Waals surface area contributed by atoms with Crippen molar-refractivity contribution in [2.24, 2.45) is 0 Å². The van der Waals surface area contributed by atoms with Crippen LogP contribution in [0.25, 0.3) is 21.9 Å². The Kier molecular flexibility index (Phi) is 4.63. The number of hydrogen-bond donors (Lipinski definition) is 0. The highest BCUT2D eigenvalue weighted by Crippen LogP contribution is 2.43. The summed E-state index contributed by atoms with van der Waals surface area (Å²) in [4.78, 5) is 24.0. The van der Waals surface area contributed by atoms with Crippen molar-refractivity contribution in [2.75, 3.05) is 20.5 Å². The SMILES string of the molecule is COc1c2occc2c(OC)c2c(=O)cc(C(OC(C)=O)SC)oc12. The molecule has 0 aliphatic heterocycles. The lowest BCUT2D eigenvalue weighted by atomic mass is 10.1. The van der Waals surface area contributed by atoms with E-state index in [1.165, 1.54) is 45.2 Å². The van der Waals surface area contributed by atoms with Crippen molar-refractivity contribution in [2.45, 2.75) is 12.4 Å². The molecule has 8 heteroatoms. The van der Waals surface area contributed by atoms with Gasteiger partial charge in [-0.15, -0.1) is 11.8 Å². The van der Waals surface area contributed by atoms with Crippen LogP contribution in [-0.2, 0) is 9.53 Å². The van der Waals surface area contributed by atoms with Crippen molar-refractivity contribution in [3.8, 4) is 11.5 Å². The molecule has 0 amide bonds. The minimum Gasteiger partial charge on any atom is -0.495 e. The maximum absolute atomic E-state index is 12.7. The fourth-order valence-electron chi connectivity index (χ4n) is 2.67. The molecule has 2 heterocycles. The van der Waals surface area contributed by atoms with Gasteiger partial charge in [0, 0.05) is 13.0 Å². The average molecular weight is 364 g/mol. The van der Waals surface area contributed by atoms with E-state index in [4.69, 9.17) is 23.0 Å². The van der Waals surface area contributed by atoms with Gasteiger partial charge in [-0.2, -0.15) is 0 Å². The average Bonchev–Trinajstić information content (AvgIpc) is 3.06. The summed E-state index contributed by atoms with van der Waals surface area (Å²) in [5, 5.41) is 0.841. The summed E-state index contributed by atoms with van der Waals surface area (Å²) in [5.74, 6) is 0.338. The molecule has 0 fully saturated rings. The first kappa shape index (κ1) is 17.2. The van der Waals surface area contributed by atoms with Crippen LogP contribution in [0.15, 0.2) is 32.0 Å². The van der Waals surface area contributed by atoms with E-state index in [-0.39, 0.29) is 27.9 Å². The fraction of sp³-hybridized carbons (Fsp3) is 0.294. The topological polar surface area (TPSA) is 88.1 Å². The molecule has 1 atom stereocenters. The summed E-state index contributed by atoms with van der Waals surface area (Å²) in [6, 6.07) is 2.98. The van der Waals surface area contributed by atoms with E-state index in [0.717, 1.165) is 0 Å². The molecule has 0 saturated heterocycles. The predicted octanol–water partition coefficient (Wildman–Crippen LogP) is 3.48. The number of esters is 1. The number of fused-ring (bicyclic) bond motifs is 2. The van der Waals surface area contributed by atoms with Gasteiger partial charge in [0.25, 0.3) is 0 Å². The summed E-state index contributed by atoms with van der Waals surface area (Å²) < 4.78 is 27.3. The predicted molar refractivity (Wildman–Crippen MR) is 93.4 cm³/mol. The molecular weight excluding hydrogens is 348 g/mol. The number of methoxy groups -OCH3 is 2. The molecule has 3 aromatic rings. The van der Waals surface area contributed by atoms with Gasteiger partial charge in [-0.1, -0.05) is 0 Å². The van der Waals surface area contributed by atoms with Crippen LogP contribution in [0.4, 0.5) is 0 Å². The van der Waals surface area contributed by atoms with Crippen LogP contribution in [0.3, 0.4) is 0 Å². The summed E-state index contributed by atoms with van der Waals surface area (Å²) in [7, 11) is 2.92. The second-order valence-electron chi connectivity index (χ2n) is 5.12. The van der Waals surface area contributed by atoms with E-state index >= 15 is 0 Å². The number of carbonyl (C=O) groups is 1. The van der Waals surface area contributed by atoms with Gasteiger partial charge in [0.15, 0.2) is 22.4 Å². The van der Waals surface area contributed by atoms with Gasteiger partial charge in [-0.3, -0.25) is 9.59 Å². The quantitative estimate of drug-likeness (QED) is 0.502. The van der Waals surface area contributed by atoms with E-state index in [1.54, 1.807) is 12.3 Å². The third-order valence-corrected chi connectivity index (χ3v) is 4.40. The normalized spacial score (nSPS) is 12.3. The molecule has 2 aromatic heterocycles. The van der Waals surface area contributed by atoms with E-state index in [0.29, 0.717) is 16.7 Å². The summed E-state index contributed by atoms with van der Waals surface area (Å²) in [5.41, 5.74) is -0.505. The fourth-order valence-corrected chi connectivity index (χ4v) is 3.26. The molecule has 132 valence electrons. The largest absolute Gasteiger partial charge is 0.495 e. The van der Waals surface area contributed by atoms with Crippen LogP contribution >= 0.6 is 11.8 Å². The zero-order valence-electron chi connectivity index (χ0n) is 14.1. The lowest BCUT2D eigenvalue weighted by Crippen LogP contribution is -2.10. The molecule has 0 spiro atoms. The minimum atomic E-state index is -0.752. The van der Waals surface area contributed by atoms with Crippen molar-refractivity contribution >= 4 is 39.7 Å². The number of thioether (sulfide) groups is 1. The van der Waals surface area contributed by atoms with E-state index in [1.807, 2.05) is 0 Å². The van der Waals surface area contributed by atoms with Crippen molar-refractivity contribution < 1.29 is 27.8 Å². The first-order valence-corrected chi connectivity index (χ1v) is 8.59. The van der Waals surface area contributed by atoms with Crippen LogP contribution in [0.1, 0.15) is 18.1 Å². The Morgan fingerprint density at radius 3 is 2.52 bits per heavy atom. The maximum atomic E-state index is 12.7. The summed E-state index contributed by atoms with van der Waals surface area (Å²) in [6.45, 7) is 1.29. The number of carbonyl (C=O) groups excluding carboxylic acids is 1. The zero-order valence-corrected chi connectivity index (χ0v) is 14.9. The molecule has 0 N–H and O–H groups in total. The van der Waals surface area contributed by atoms with E-state index in [2.05, 4.69) is 0 Å². The first-order chi connectivity index (χ1) is 12.0. The Labute approximate surface area is 146 Å². The van der Waals surface area contributed by atoms with Gasteiger partial charge in [-0.25, -0.2) is 0 Å². The van der Waals surface area contributed by atoms with Crippen molar-refractivity contribution in [3.05, 3.63) is 34.4 Å². The Bertz CT molecular complexity index is 1000. The van der Waals surface area contributed by atoms with Crippen molar-refractivity contribution in [3.63, 3.8) is 0 Å². The van der Waals surface area contributed by atoms with Gasteiger partial charge in [0.1, 0.15) is 11.1 Å². The van der Waals surface area contributed by atoms with Gasteiger partial charge in [-0.05, 0) is 12.3 Å². The Balaban J connectivity index is 2.38. The molecule has 0 saturated carbocycles. The number of benzene rings is 1. The third-order valence-electron chi connectivity index (χ3n) is 3.64. The molecule has 25 heavy (non-hydrogen) atoms. The van der Waals surface area contributed by atoms with Crippen molar-refractivity contribution in [1.82, 2.24) is 0 Å². The minimum absolute atomic E-state index is 0.176. The standard InChI is InChI=1S/C17H16O7S/c1-8(18)23-17(25-4)11-7-10(19)12-13(20-2)9-5-6-22-14(9)16(21-3)15(12)24-11/h5-7,17H,1-4H3. The van der Waals surface area contributed by atoms with Gasteiger partial charge in [0.05, 0.1) is 25.9 Å². The van der Waals surface area contributed by atoms with Crippen LogP contribution in [0.5, 0.6) is 11.5 Å². The molecule has 1 aromatic carbocycles. The Hall–Kier alpha value is -2.61. The van der Waals surface area contributed by atoms with Crippen LogP contribution in [0.2, 0.25) is 0 Å². The van der Waals surface area contributed by atoms with Crippen LogP contribution < -0.4 is 14.9 Å². The molecule has 7 nitrogen and oxygen atoms in total. The molecular formula is C17H16O7S. The number of rotatable bonds is 5. The Morgan fingerprint density at radius 1 is 1.20 bits per heavy atom. The van der Waals surface area contributed by atoms with Gasteiger partial charge >= 0.3 is 5.97 Å². The van der Waals surface area contributed by atoms with Gasteiger partial charge < -0.3 is 23.0 Å².